The third-order valence-electron chi connectivity index (χ3n) is 3.28. The quantitative estimate of drug-likeness (QED) is 0.886. The smallest absolute Gasteiger partial charge is 0.0594 e. The Morgan fingerprint density at radius 3 is 2.89 bits per heavy atom. The first-order valence-corrected chi connectivity index (χ1v) is 7.79. The number of hydrogen-bond donors (Lipinski definition) is 1. The van der Waals surface area contributed by atoms with Crippen molar-refractivity contribution in [2.24, 2.45) is 0 Å². The molecule has 106 valence electrons. The van der Waals surface area contributed by atoms with Crippen molar-refractivity contribution in [1.82, 2.24) is 10.2 Å². The van der Waals surface area contributed by atoms with E-state index in [9.17, 15) is 0 Å². The van der Waals surface area contributed by atoms with Crippen LogP contribution in [0.2, 0.25) is 5.02 Å². The molecule has 0 aromatic heterocycles. The summed E-state index contributed by atoms with van der Waals surface area (Å²) in [6, 6.07) is 6.39. The summed E-state index contributed by atoms with van der Waals surface area (Å²) in [4.78, 5) is 2.43. The number of rotatable bonds is 5. The SMILES string of the molecule is CC(CN1CCOCC1)NCc1cc(Br)ccc1Cl. The number of benzene rings is 1. The van der Waals surface area contributed by atoms with Crippen molar-refractivity contribution < 1.29 is 4.74 Å². The standard InChI is InChI=1S/C14H20BrClN2O/c1-11(10-18-4-6-19-7-5-18)17-9-12-8-13(15)2-3-14(12)16/h2-3,8,11,17H,4-7,9-10H2,1H3. The maximum atomic E-state index is 6.18. The number of nitrogens with one attached hydrogen (secondary N) is 1. The fourth-order valence-corrected chi connectivity index (χ4v) is 2.79. The second kappa shape index (κ2) is 7.60. The molecule has 1 fully saturated rings. The van der Waals surface area contributed by atoms with Crippen LogP contribution in [-0.2, 0) is 11.3 Å². The number of morpholine rings is 1. The molecule has 1 saturated heterocycles. The molecule has 0 bridgehead atoms. The molecule has 0 radical (unpaired) electrons. The maximum Gasteiger partial charge on any atom is 0.0594 e. The number of halogens is 2. The van der Waals surface area contributed by atoms with Gasteiger partial charge in [-0.1, -0.05) is 27.5 Å². The van der Waals surface area contributed by atoms with Crippen LogP contribution >= 0.6 is 27.5 Å². The number of nitrogens with zero attached hydrogens (tertiary/aromatic N) is 1. The molecule has 5 heteroatoms. The molecule has 0 amide bonds. The molecule has 1 aliphatic heterocycles. The highest BCUT2D eigenvalue weighted by atomic mass is 79.9. The fourth-order valence-electron chi connectivity index (χ4n) is 2.20. The Kier molecular flexibility index (Phi) is 6.10. The Labute approximate surface area is 128 Å². The van der Waals surface area contributed by atoms with Gasteiger partial charge >= 0.3 is 0 Å². The second-order valence-electron chi connectivity index (χ2n) is 4.93. The molecule has 1 aromatic rings. The highest BCUT2D eigenvalue weighted by molar-refractivity contribution is 9.10. The van der Waals surface area contributed by atoms with Gasteiger partial charge in [0.25, 0.3) is 0 Å². The zero-order valence-corrected chi connectivity index (χ0v) is 13.5. The molecule has 2 rings (SSSR count). The molecular formula is C14H20BrClN2O. The molecule has 3 nitrogen and oxygen atoms in total. The van der Waals surface area contributed by atoms with Gasteiger partial charge in [-0.25, -0.2) is 0 Å². The zero-order chi connectivity index (χ0) is 13.7. The van der Waals surface area contributed by atoms with Crippen LogP contribution in [0.5, 0.6) is 0 Å². The fraction of sp³-hybridized carbons (Fsp3) is 0.571. The first-order chi connectivity index (χ1) is 9.15. The van der Waals surface area contributed by atoms with Gasteiger partial charge in [0.05, 0.1) is 13.2 Å². The number of ether oxygens (including phenoxy) is 1. The van der Waals surface area contributed by atoms with Gasteiger partial charge in [-0.15, -0.1) is 0 Å². The Morgan fingerprint density at radius 2 is 2.16 bits per heavy atom. The van der Waals surface area contributed by atoms with Crippen LogP contribution < -0.4 is 5.32 Å². The van der Waals surface area contributed by atoms with Gasteiger partial charge in [-0.2, -0.15) is 0 Å². The zero-order valence-electron chi connectivity index (χ0n) is 11.2. The van der Waals surface area contributed by atoms with Crippen molar-refractivity contribution in [3.8, 4) is 0 Å². The number of hydrogen-bond acceptors (Lipinski definition) is 3. The highest BCUT2D eigenvalue weighted by Gasteiger charge is 2.13. The van der Waals surface area contributed by atoms with E-state index in [0.29, 0.717) is 6.04 Å². The topological polar surface area (TPSA) is 24.5 Å². The van der Waals surface area contributed by atoms with Crippen molar-refractivity contribution in [2.75, 3.05) is 32.8 Å². The Bertz CT molecular complexity index is 410. The largest absolute Gasteiger partial charge is 0.379 e. The predicted octanol–water partition coefficient (Wildman–Crippen LogP) is 2.91. The van der Waals surface area contributed by atoms with E-state index < -0.39 is 0 Å². The summed E-state index contributed by atoms with van der Waals surface area (Å²) in [5.74, 6) is 0. The lowest BCUT2D eigenvalue weighted by atomic mass is 10.2. The summed E-state index contributed by atoms with van der Waals surface area (Å²) in [5, 5.41) is 4.34. The van der Waals surface area contributed by atoms with Gasteiger partial charge in [0.1, 0.15) is 0 Å². The normalized spacial score (nSPS) is 18.5. The van der Waals surface area contributed by atoms with E-state index in [-0.39, 0.29) is 0 Å². The minimum atomic E-state index is 0.438. The van der Waals surface area contributed by atoms with Gasteiger partial charge < -0.3 is 10.1 Å². The van der Waals surface area contributed by atoms with Crippen LogP contribution in [-0.4, -0.2) is 43.8 Å². The van der Waals surface area contributed by atoms with E-state index in [1.807, 2.05) is 12.1 Å². The first-order valence-electron chi connectivity index (χ1n) is 6.62. The third kappa shape index (κ3) is 5.04. The van der Waals surface area contributed by atoms with Crippen molar-refractivity contribution in [1.29, 1.82) is 0 Å². The molecule has 1 aliphatic rings. The first kappa shape index (κ1) is 15.3. The molecule has 1 N–H and O–H groups in total. The molecular weight excluding hydrogens is 328 g/mol. The van der Waals surface area contributed by atoms with Gasteiger partial charge in [0.15, 0.2) is 0 Å². The van der Waals surface area contributed by atoms with Crippen molar-refractivity contribution in [3.63, 3.8) is 0 Å². The lowest BCUT2D eigenvalue weighted by Gasteiger charge is -2.29. The molecule has 1 heterocycles. The molecule has 1 atom stereocenters. The lowest BCUT2D eigenvalue weighted by Crippen LogP contribution is -2.44. The van der Waals surface area contributed by atoms with Crippen LogP contribution in [0.4, 0.5) is 0 Å². The van der Waals surface area contributed by atoms with E-state index in [1.165, 1.54) is 0 Å². The Morgan fingerprint density at radius 1 is 1.42 bits per heavy atom. The van der Waals surface area contributed by atoms with Gasteiger partial charge in [-0.05, 0) is 30.7 Å². The average molecular weight is 348 g/mol. The summed E-state index contributed by atoms with van der Waals surface area (Å²) < 4.78 is 6.42. The highest BCUT2D eigenvalue weighted by Crippen LogP contribution is 2.20. The molecule has 1 aromatic carbocycles. The van der Waals surface area contributed by atoms with E-state index in [1.54, 1.807) is 0 Å². The summed E-state index contributed by atoms with van der Waals surface area (Å²) in [6.07, 6.45) is 0. The summed E-state index contributed by atoms with van der Waals surface area (Å²) >= 11 is 9.66. The monoisotopic (exact) mass is 346 g/mol. The molecule has 0 aliphatic carbocycles. The van der Waals surface area contributed by atoms with Crippen LogP contribution in [0.25, 0.3) is 0 Å². The molecule has 19 heavy (non-hydrogen) atoms. The molecule has 0 saturated carbocycles. The second-order valence-corrected chi connectivity index (χ2v) is 6.25. The lowest BCUT2D eigenvalue weighted by molar-refractivity contribution is 0.0343. The minimum Gasteiger partial charge on any atom is -0.379 e. The van der Waals surface area contributed by atoms with Crippen LogP contribution in [0.15, 0.2) is 22.7 Å². The maximum absolute atomic E-state index is 6.18. The van der Waals surface area contributed by atoms with E-state index in [0.717, 1.165) is 54.5 Å². The predicted molar refractivity (Wildman–Crippen MR) is 82.7 cm³/mol. The van der Waals surface area contributed by atoms with Gasteiger partial charge in [0, 0.05) is 41.7 Å². The Balaban J connectivity index is 1.79. The minimum absolute atomic E-state index is 0.438. The van der Waals surface area contributed by atoms with Crippen LogP contribution in [0.1, 0.15) is 12.5 Å². The van der Waals surface area contributed by atoms with Gasteiger partial charge in [0.2, 0.25) is 0 Å². The van der Waals surface area contributed by atoms with Gasteiger partial charge in [-0.3, -0.25) is 4.90 Å². The third-order valence-corrected chi connectivity index (χ3v) is 4.15. The molecule has 0 spiro atoms. The summed E-state index contributed by atoms with van der Waals surface area (Å²) in [6.45, 7) is 7.82. The van der Waals surface area contributed by atoms with E-state index in [4.69, 9.17) is 16.3 Å². The summed E-state index contributed by atoms with van der Waals surface area (Å²) in [5.41, 5.74) is 1.13. The Hall–Kier alpha value is -0.130. The van der Waals surface area contributed by atoms with E-state index >= 15 is 0 Å². The van der Waals surface area contributed by atoms with E-state index in [2.05, 4.69) is 39.1 Å². The van der Waals surface area contributed by atoms with Crippen LogP contribution in [0.3, 0.4) is 0 Å². The van der Waals surface area contributed by atoms with Crippen molar-refractivity contribution in [2.45, 2.75) is 19.5 Å². The van der Waals surface area contributed by atoms with Crippen molar-refractivity contribution >= 4 is 27.5 Å². The van der Waals surface area contributed by atoms with Crippen molar-refractivity contribution in [3.05, 3.63) is 33.3 Å². The summed E-state index contributed by atoms with van der Waals surface area (Å²) in [7, 11) is 0. The molecule has 1 unspecified atom stereocenters. The average Bonchev–Trinajstić information content (AvgIpc) is 2.41. The van der Waals surface area contributed by atoms with Crippen LogP contribution in [0, 0.1) is 0 Å².